The van der Waals surface area contributed by atoms with Gasteiger partial charge in [-0.15, -0.1) is 0 Å². The van der Waals surface area contributed by atoms with Gasteiger partial charge in [-0.05, 0) is 96.3 Å². The lowest BCUT2D eigenvalue weighted by atomic mass is 10.1. The molecule has 1 fully saturated rings. The van der Waals surface area contributed by atoms with Crippen molar-refractivity contribution < 1.29 is 32.9 Å². The first-order valence-corrected chi connectivity index (χ1v) is 19.8. The van der Waals surface area contributed by atoms with Gasteiger partial charge in [-0.1, -0.05) is 73.5 Å². The van der Waals surface area contributed by atoms with Crippen LogP contribution in [0.5, 0.6) is 11.8 Å². The number of piperazine rings is 1. The highest BCUT2D eigenvalue weighted by Crippen LogP contribution is 2.32. The third-order valence-electron chi connectivity index (χ3n) is 9.04. The monoisotopic (exact) mass is 783 g/mol. The van der Waals surface area contributed by atoms with E-state index in [1.807, 2.05) is 81.4 Å². The molecule has 4 aromatic rings. The number of aromatic nitrogens is 1. The number of hydrogen-bond donors (Lipinski definition) is 1. The average Bonchev–Trinajstić information content (AvgIpc) is 3.17. The van der Waals surface area contributed by atoms with Crippen LogP contribution in [0.2, 0.25) is 0 Å². The van der Waals surface area contributed by atoms with E-state index in [2.05, 4.69) is 15.2 Å². The molecule has 0 aliphatic carbocycles. The van der Waals surface area contributed by atoms with E-state index >= 15 is 4.39 Å². The van der Waals surface area contributed by atoms with Crippen LogP contribution in [0, 0.1) is 5.82 Å². The first-order chi connectivity index (χ1) is 27.2. The average molecular weight is 784 g/mol. The molecule has 2 amide bonds. The topological polar surface area (TPSA) is 106 Å². The van der Waals surface area contributed by atoms with Crippen LogP contribution in [0.15, 0.2) is 91.0 Å². The second-order valence-electron chi connectivity index (χ2n) is 16.2. The molecule has 1 aliphatic heterocycles. The summed E-state index contributed by atoms with van der Waals surface area (Å²) in [4.78, 5) is 36.0. The number of ether oxygens (including phenoxy) is 4. The predicted molar refractivity (Wildman–Crippen MR) is 222 cm³/mol. The van der Waals surface area contributed by atoms with Crippen molar-refractivity contribution in [2.75, 3.05) is 49.5 Å². The number of rotatable bonds is 16. The van der Waals surface area contributed by atoms with Gasteiger partial charge < -0.3 is 29.2 Å². The van der Waals surface area contributed by atoms with Crippen LogP contribution in [-0.4, -0.2) is 77.4 Å². The lowest BCUT2D eigenvalue weighted by Crippen LogP contribution is -2.50. The van der Waals surface area contributed by atoms with E-state index in [1.54, 1.807) is 49.9 Å². The molecule has 0 atom stereocenters. The van der Waals surface area contributed by atoms with E-state index in [-0.39, 0.29) is 18.4 Å². The molecule has 1 N–H and O–H groups in total. The minimum Gasteiger partial charge on any atom is -0.473 e. The van der Waals surface area contributed by atoms with Crippen molar-refractivity contribution in [1.29, 1.82) is 0 Å². The van der Waals surface area contributed by atoms with Crippen molar-refractivity contribution in [3.05, 3.63) is 108 Å². The zero-order chi connectivity index (χ0) is 40.8. The van der Waals surface area contributed by atoms with Gasteiger partial charge in [-0.25, -0.2) is 14.0 Å². The Balaban J connectivity index is 1.19. The molecule has 0 spiro atoms. The Kier molecular flexibility index (Phi) is 15.1. The summed E-state index contributed by atoms with van der Waals surface area (Å²) in [5, 5.41) is 3.25. The second-order valence-corrected chi connectivity index (χ2v) is 16.2. The van der Waals surface area contributed by atoms with Gasteiger partial charge in [0.05, 0.1) is 5.69 Å². The Morgan fingerprint density at radius 2 is 1.35 bits per heavy atom. The summed E-state index contributed by atoms with van der Waals surface area (Å²) in [7, 11) is 0. The molecule has 5 rings (SSSR count). The highest BCUT2D eigenvalue weighted by molar-refractivity contribution is 5.88. The third kappa shape index (κ3) is 14.3. The number of unbranched alkanes of at least 4 members (excludes halogenated alkanes) is 3. The van der Waals surface area contributed by atoms with Crippen LogP contribution in [0.3, 0.4) is 0 Å². The molecule has 1 aromatic heterocycles. The highest BCUT2D eigenvalue weighted by Gasteiger charge is 2.27. The smallest absolute Gasteiger partial charge is 0.414 e. The number of carbonyl (C=O) groups excluding carboxylic acids is 2. The van der Waals surface area contributed by atoms with Crippen LogP contribution < -0.4 is 19.7 Å². The maximum Gasteiger partial charge on any atom is 0.414 e. The van der Waals surface area contributed by atoms with E-state index in [0.717, 1.165) is 50.0 Å². The summed E-state index contributed by atoms with van der Waals surface area (Å²) in [5.74, 6) is 0.117. The van der Waals surface area contributed by atoms with Gasteiger partial charge in [0, 0.05) is 44.5 Å². The fraction of sp³-hybridized carbons (Fsp3) is 0.444. The zero-order valence-electron chi connectivity index (χ0n) is 34.3. The number of amides is 2. The summed E-state index contributed by atoms with van der Waals surface area (Å²) < 4.78 is 39.3. The number of halogens is 1. The minimum absolute atomic E-state index is 0.140. The minimum atomic E-state index is -0.749. The van der Waals surface area contributed by atoms with Gasteiger partial charge >= 0.3 is 12.2 Å². The Hall–Kier alpha value is -5.36. The van der Waals surface area contributed by atoms with Gasteiger partial charge in [-0.2, -0.15) is 4.98 Å². The van der Waals surface area contributed by atoms with Crippen LogP contribution >= 0.6 is 0 Å². The van der Waals surface area contributed by atoms with Crippen LogP contribution in [0.1, 0.15) is 78.4 Å². The maximum absolute atomic E-state index is 16.0. The molecule has 0 bridgehead atoms. The number of hydrogen-bond acceptors (Lipinski definition) is 9. The molecule has 0 unspecified atom stereocenters. The summed E-state index contributed by atoms with van der Waals surface area (Å²) in [5.41, 5.74) is 1.84. The van der Waals surface area contributed by atoms with Crippen molar-refractivity contribution in [2.45, 2.75) is 91.6 Å². The molecule has 0 saturated carbocycles. The van der Waals surface area contributed by atoms with Crippen molar-refractivity contribution in [3.63, 3.8) is 0 Å². The summed E-state index contributed by atoms with van der Waals surface area (Å²) >= 11 is 0. The first kappa shape index (κ1) is 42.8. The molecule has 12 heteroatoms. The largest absolute Gasteiger partial charge is 0.473 e. The van der Waals surface area contributed by atoms with E-state index in [1.165, 1.54) is 11.0 Å². The Morgan fingerprint density at radius 1 is 0.737 bits per heavy atom. The summed E-state index contributed by atoms with van der Waals surface area (Å²) in [6.45, 7) is 15.8. The number of anilines is 3. The zero-order valence-corrected chi connectivity index (χ0v) is 34.3. The number of carbonyl (C=O) groups is 2. The molecule has 306 valence electrons. The standard InChI is InChI=1S/C45H58FN5O6/c1-44(2,3)56-42(52)50-29-27-49(28-30-50)25-15-7-8-16-26-51(43(53)57-45(4,5)6)39-23-21-36(31-37(39)46)47-38-22-24-40(54-32-34-17-11-9-12-18-34)48-41(38)55-33-35-19-13-10-14-20-35/h9-14,17-24,31,47H,7-8,15-16,25-30,32-33H2,1-6H3. The van der Waals surface area contributed by atoms with E-state index in [0.29, 0.717) is 55.8 Å². The molecule has 11 nitrogen and oxygen atoms in total. The Morgan fingerprint density at radius 3 is 1.96 bits per heavy atom. The van der Waals surface area contributed by atoms with E-state index in [9.17, 15) is 9.59 Å². The van der Waals surface area contributed by atoms with Gasteiger partial charge in [0.25, 0.3) is 0 Å². The molecule has 0 radical (unpaired) electrons. The Bertz CT molecular complexity index is 1880. The van der Waals surface area contributed by atoms with Crippen molar-refractivity contribution >= 4 is 29.2 Å². The molecule has 2 heterocycles. The number of pyridine rings is 1. The van der Waals surface area contributed by atoms with Crippen LogP contribution in [0.4, 0.5) is 31.0 Å². The lowest BCUT2D eigenvalue weighted by molar-refractivity contribution is 0.0144. The van der Waals surface area contributed by atoms with Gasteiger partial charge in [0.2, 0.25) is 11.8 Å². The van der Waals surface area contributed by atoms with E-state index in [4.69, 9.17) is 18.9 Å². The van der Waals surface area contributed by atoms with Crippen molar-refractivity contribution in [1.82, 2.24) is 14.8 Å². The fourth-order valence-electron chi connectivity index (χ4n) is 6.19. The highest BCUT2D eigenvalue weighted by atomic mass is 19.1. The quantitative estimate of drug-likeness (QED) is 0.111. The molecular formula is C45H58FN5O6. The molecule has 57 heavy (non-hydrogen) atoms. The molecular weight excluding hydrogens is 726 g/mol. The van der Waals surface area contributed by atoms with Crippen molar-refractivity contribution in [3.8, 4) is 11.8 Å². The second kappa shape index (κ2) is 20.2. The van der Waals surface area contributed by atoms with Crippen LogP contribution in [0.25, 0.3) is 0 Å². The molecule has 1 aliphatic rings. The normalized spacial score (nSPS) is 13.5. The van der Waals surface area contributed by atoms with Gasteiger partial charge in [0.1, 0.15) is 35.9 Å². The summed E-state index contributed by atoms with van der Waals surface area (Å²) in [6.07, 6.45) is 2.62. The van der Waals surface area contributed by atoms with E-state index < -0.39 is 23.1 Å². The predicted octanol–water partition coefficient (Wildman–Crippen LogP) is 9.98. The summed E-state index contributed by atoms with van der Waals surface area (Å²) in [6, 6.07) is 27.8. The Labute approximate surface area is 337 Å². The number of nitrogens with one attached hydrogen (secondary N) is 1. The number of nitrogens with zero attached hydrogens (tertiary/aromatic N) is 4. The van der Waals surface area contributed by atoms with Crippen LogP contribution in [-0.2, 0) is 22.7 Å². The first-order valence-electron chi connectivity index (χ1n) is 19.8. The van der Waals surface area contributed by atoms with Gasteiger partial charge in [-0.3, -0.25) is 9.80 Å². The van der Waals surface area contributed by atoms with Gasteiger partial charge in [0.15, 0.2) is 0 Å². The lowest BCUT2D eigenvalue weighted by Gasteiger charge is -2.35. The third-order valence-corrected chi connectivity index (χ3v) is 9.04. The van der Waals surface area contributed by atoms with Crippen molar-refractivity contribution in [2.24, 2.45) is 0 Å². The maximum atomic E-state index is 16.0. The fourth-order valence-corrected chi connectivity index (χ4v) is 6.19. The SMILES string of the molecule is CC(C)(C)OC(=O)N1CCN(CCCCCCN(C(=O)OC(C)(C)C)c2ccc(Nc3ccc(OCc4ccccc4)nc3OCc3ccccc3)cc2F)CC1. The molecule has 3 aromatic carbocycles. The molecule has 1 saturated heterocycles. The number of benzene rings is 3.